The van der Waals surface area contributed by atoms with Gasteiger partial charge in [-0.2, -0.15) is 0 Å². The second-order valence-corrected chi connectivity index (χ2v) is 9.42. The Balaban J connectivity index is 1.55. The highest BCUT2D eigenvalue weighted by atomic mass is 35.5. The molecule has 6 rings (SSSR count). The highest BCUT2D eigenvalue weighted by Gasteiger charge is 2.74. The van der Waals surface area contributed by atoms with Gasteiger partial charge in [0.05, 0.1) is 28.1 Å². The quantitative estimate of drug-likeness (QED) is 0.413. The SMILES string of the molecule is Cc1c(Cl)ccc2c1NC(=O)[C@@]21[C@@H]2C(=O)N(c3cccc([N+](=O)[O-])c3)C(=O)[C@@H]2[C@H]2CCCN21. The van der Waals surface area contributed by atoms with Crippen LogP contribution in [0.5, 0.6) is 0 Å². The van der Waals surface area contributed by atoms with Crippen molar-refractivity contribution in [3.05, 3.63) is 62.7 Å². The van der Waals surface area contributed by atoms with Gasteiger partial charge in [-0.3, -0.25) is 29.4 Å². The Bertz CT molecular complexity index is 1300. The number of nitro groups is 1. The maximum Gasteiger partial charge on any atom is 0.271 e. The van der Waals surface area contributed by atoms with E-state index in [0.717, 1.165) is 11.3 Å². The number of nitrogens with one attached hydrogen (secondary N) is 1. The highest BCUT2D eigenvalue weighted by Crippen LogP contribution is 2.61. The molecule has 4 aliphatic rings. The summed E-state index contributed by atoms with van der Waals surface area (Å²) in [5.74, 6) is -2.87. The van der Waals surface area contributed by atoms with Crippen LogP contribution in [0.2, 0.25) is 5.02 Å². The molecular formula is C23H19ClN4O5. The lowest BCUT2D eigenvalue weighted by Gasteiger charge is -2.36. The van der Waals surface area contributed by atoms with Crippen LogP contribution in [0.4, 0.5) is 17.1 Å². The van der Waals surface area contributed by atoms with Crippen molar-refractivity contribution in [3.63, 3.8) is 0 Å². The van der Waals surface area contributed by atoms with Crippen LogP contribution in [-0.4, -0.2) is 40.1 Å². The average molecular weight is 467 g/mol. The molecule has 0 bridgehead atoms. The van der Waals surface area contributed by atoms with Crippen molar-refractivity contribution in [3.8, 4) is 0 Å². The number of carbonyl (C=O) groups is 3. The van der Waals surface area contributed by atoms with Crippen LogP contribution in [0.3, 0.4) is 0 Å². The number of halogens is 1. The number of rotatable bonds is 2. The molecule has 3 fully saturated rings. The summed E-state index contributed by atoms with van der Waals surface area (Å²) in [6.45, 7) is 2.41. The number of amides is 3. The van der Waals surface area contributed by atoms with Gasteiger partial charge in [-0.15, -0.1) is 0 Å². The van der Waals surface area contributed by atoms with Gasteiger partial charge in [-0.25, -0.2) is 4.90 Å². The predicted octanol–water partition coefficient (Wildman–Crippen LogP) is 2.99. The summed E-state index contributed by atoms with van der Waals surface area (Å²) in [4.78, 5) is 55.0. The van der Waals surface area contributed by atoms with E-state index in [1.54, 1.807) is 12.1 Å². The number of fused-ring (bicyclic) bond motifs is 7. The Kier molecular flexibility index (Phi) is 4.07. The first-order valence-electron chi connectivity index (χ1n) is 10.8. The molecule has 0 aromatic heterocycles. The molecule has 3 amide bonds. The molecule has 3 saturated heterocycles. The topological polar surface area (TPSA) is 113 Å². The number of carbonyl (C=O) groups excluding carboxylic acids is 3. The standard InChI is InChI=1S/C23H19ClN4O5/c1-11-15(24)8-7-14-19(11)25-22(31)23(14)18-17(16-6-3-9-26(16)23)20(29)27(21(18)30)12-4-2-5-13(10-12)28(32)33/h2,4-5,7-8,10,16-18H,3,6,9H2,1H3,(H,25,31)/t16-,17-,18+,23+/m1/s1. The summed E-state index contributed by atoms with van der Waals surface area (Å²) in [7, 11) is 0. The van der Waals surface area contributed by atoms with Gasteiger partial charge in [-0.1, -0.05) is 23.7 Å². The molecule has 0 radical (unpaired) electrons. The molecule has 9 nitrogen and oxygen atoms in total. The first kappa shape index (κ1) is 20.3. The monoisotopic (exact) mass is 466 g/mol. The summed E-state index contributed by atoms with van der Waals surface area (Å²) < 4.78 is 0. The van der Waals surface area contributed by atoms with Crippen LogP contribution >= 0.6 is 11.6 Å². The van der Waals surface area contributed by atoms with Crippen molar-refractivity contribution in [2.75, 3.05) is 16.8 Å². The minimum atomic E-state index is -1.31. The molecule has 0 aliphatic carbocycles. The molecule has 168 valence electrons. The van der Waals surface area contributed by atoms with Crippen molar-refractivity contribution in [2.45, 2.75) is 31.3 Å². The summed E-state index contributed by atoms with van der Waals surface area (Å²) in [5.41, 5.74) is 0.601. The largest absolute Gasteiger partial charge is 0.324 e. The van der Waals surface area contributed by atoms with Gasteiger partial charge in [0.25, 0.3) is 5.69 Å². The van der Waals surface area contributed by atoms with E-state index in [2.05, 4.69) is 5.32 Å². The molecule has 33 heavy (non-hydrogen) atoms. The second kappa shape index (κ2) is 6.61. The third-order valence-corrected chi connectivity index (χ3v) is 8.07. The maximum atomic E-state index is 13.9. The van der Waals surface area contributed by atoms with Gasteiger partial charge in [0.2, 0.25) is 17.7 Å². The molecule has 2 aromatic rings. The fourth-order valence-corrected chi connectivity index (χ4v) is 6.55. The fourth-order valence-electron chi connectivity index (χ4n) is 6.39. The normalized spacial score (nSPS) is 30.1. The summed E-state index contributed by atoms with van der Waals surface area (Å²) >= 11 is 6.30. The lowest BCUT2D eigenvalue weighted by atomic mass is 9.75. The summed E-state index contributed by atoms with van der Waals surface area (Å²) in [5, 5.41) is 14.7. The van der Waals surface area contributed by atoms with Crippen molar-refractivity contribution < 1.29 is 19.3 Å². The fraction of sp³-hybridized carbons (Fsp3) is 0.348. The number of anilines is 2. The van der Waals surface area contributed by atoms with Crippen molar-refractivity contribution >= 4 is 46.4 Å². The van der Waals surface area contributed by atoms with E-state index in [1.165, 1.54) is 24.3 Å². The Labute approximate surface area is 193 Å². The summed E-state index contributed by atoms with van der Waals surface area (Å²) in [6.07, 6.45) is 1.50. The minimum Gasteiger partial charge on any atom is -0.324 e. The van der Waals surface area contributed by atoms with Gasteiger partial charge in [0.1, 0.15) is 5.54 Å². The van der Waals surface area contributed by atoms with Gasteiger partial charge < -0.3 is 5.32 Å². The van der Waals surface area contributed by atoms with E-state index in [9.17, 15) is 24.5 Å². The van der Waals surface area contributed by atoms with Gasteiger partial charge in [-0.05, 0) is 44.0 Å². The third-order valence-electron chi connectivity index (χ3n) is 7.66. The number of hydrogen-bond donors (Lipinski definition) is 1. The zero-order valence-electron chi connectivity index (χ0n) is 17.6. The van der Waals surface area contributed by atoms with Gasteiger partial charge >= 0.3 is 0 Å². The van der Waals surface area contributed by atoms with Crippen molar-refractivity contribution in [1.29, 1.82) is 0 Å². The third kappa shape index (κ3) is 2.33. The van der Waals surface area contributed by atoms with Crippen LogP contribution in [0.1, 0.15) is 24.0 Å². The van der Waals surface area contributed by atoms with E-state index >= 15 is 0 Å². The predicted molar refractivity (Wildman–Crippen MR) is 119 cm³/mol. The van der Waals surface area contributed by atoms with Crippen LogP contribution < -0.4 is 10.2 Å². The van der Waals surface area contributed by atoms with Crippen molar-refractivity contribution in [2.24, 2.45) is 11.8 Å². The molecular weight excluding hydrogens is 448 g/mol. The van der Waals surface area contributed by atoms with Crippen LogP contribution in [0.15, 0.2) is 36.4 Å². The van der Waals surface area contributed by atoms with E-state index in [-0.39, 0.29) is 23.3 Å². The van der Waals surface area contributed by atoms with Crippen LogP contribution in [0.25, 0.3) is 0 Å². The zero-order chi connectivity index (χ0) is 23.2. The Morgan fingerprint density at radius 3 is 2.73 bits per heavy atom. The van der Waals surface area contributed by atoms with Crippen molar-refractivity contribution in [1.82, 2.24) is 4.90 Å². The molecule has 1 spiro atoms. The molecule has 4 atom stereocenters. The Hall–Kier alpha value is -3.30. The highest BCUT2D eigenvalue weighted by molar-refractivity contribution is 6.32. The van der Waals surface area contributed by atoms with E-state index in [0.29, 0.717) is 34.8 Å². The number of nitrogens with zero attached hydrogens (tertiary/aromatic N) is 3. The number of non-ortho nitro benzene ring substituents is 1. The lowest BCUT2D eigenvalue weighted by Crippen LogP contribution is -2.54. The molecule has 10 heteroatoms. The van der Waals surface area contributed by atoms with Crippen LogP contribution in [-0.2, 0) is 19.9 Å². The van der Waals surface area contributed by atoms with Crippen LogP contribution in [0, 0.1) is 28.9 Å². The Morgan fingerprint density at radius 2 is 1.97 bits per heavy atom. The first-order chi connectivity index (χ1) is 15.8. The maximum absolute atomic E-state index is 13.9. The van der Waals surface area contributed by atoms with Gasteiger partial charge in [0, 0.05) is 28.8 Å². The minimum absolute atomic E-state index is 0.152. The average Bonchev–Trinajstić information content (AvgIpc) is 3.49. The van der Waals surface area contributed by atoms with E-state index in [1.807, 2.05) is 11.8 Å². The smallest absolute Gasteiger partial charge is 0.271 e. The molecule has 2 aromatic carbocycles. The molecule has 0 saturated carbocycles. The zero-order valence-corrected chi connectivity index (χ0v) is 18.3. The number of imide groups is 1. The molecule has 4 heterocycles. The second-order valence-electron chi connectivity index (χ2n) is 9.01. The van der Waals surface area contributed by atoms with E-state index in [4.69, 9.17) is 11.6 Å². The first-order valence-corrected chi connectivity index (χ1v) is 11.2. The number of nitro benzene ring substituents is 1. The number of hydrogen-bond acceptors (Lipinski definition) is 6. The molecule has 1 N–H and O–H groups in total. The lowest BCUT2D eigenvalue weighted by molar-refractivity contribution is -0.384. The molecule has 0 unspecified atom stereocenters. The Morgan fingerprint density at radius 1 is 1.18 bits per heavy atom. The molecule has 4 aliphatic heterocycles. The van der Waals surface area contributed by atoms with Gasteiger partial charge in [0.15, 0.2) is 0 Å². The summed E-state index contributed by atoms with van der Waals surface area (Å²) in [6, 6.07) is 8.72. The number of benzene rings is 2. The van der Waals surface area contributed by atoms with E-state index < -0.39 is 34.1 Å².